The highest BCUT2D eigenvalue weighted by molar-refractivity contribution is 7.92. The van der Waals surface area contributed by atoms with Gasteiger partial charge in [-0.1, -0.05) is 72.8 Å². The number of nitrogens with zero attached hydrogens (tertiary/aromatic N) is 2. The number of sulfonamides is 1. The van der Waals surface area contributed by atoms with E-state index in [4.69, 9.17) is 9.47 Å². The lowest BCUT2D eigenvalue weighted by Gasteiger charge is -2.34. The second kappa shape index (κ2) is 15.3. The number of carbonyl (C=O) groups excluding carboxylic acids is 2. The normalized spacial score (nSPS) is 11.7. The van der Waals surface area contributed by atoms with E-state index in [1.54, 1.807) is 30.3 Å². The van der Waals surface area contributed by atoms with Crippen LogP contribution >= 0.6 is 0 Å². The summed E-state index contributed by atoms with van der Waals surface area (Å²) in [5, 5.41) is 2.88. The number of aryl methyl sites for hydroxylation is 1. The molecule has 0 aliphatic rings. The summed E-state index contributed by atoms with van der Waals surface area (Å²) < 4.78 is 40.2. The Morgan fingerprint density at radius 1 is 0.822 bits per heavy atom. The molecular weight excluding hydrogens is 590 g/mol. The summed E-state index contributed by atoms with van der Waals surface area (Å²) in [7, 11) is -1.40. The Kier molecular flexibility index (Phi) is 11.2. The van der Waals surface area contributed by atoms with Gasteiger partial charge in [0.05, 0.1) is 24.8 Å². The summed E-state index contributed by atoms with van der Waals surface area (Å²) in [5.74, 6) is -0.247. The molecule has 0 saturated carbocycles. The van der Waals surface area contributed by atoms with Gasteiger partial charge < -0.3 is 19.7 Å². The Bertz CT molecular complexity index is 1700. The molecule has 45 heavy (non-hydrogen) atoms. The van der Waals surface area contributed by atoms with E-state index in [1.165, 1.54) is 37.3 Å². The van der Waals surface area contributed by atoms with Crippen LogP contribution in [0.2, 0.25) is 0 Å². The maximum absolute atomic E-state index is 14.5. The number of hydrogen-bond donors (Lipinski definition) is 1. The van der Waals surface area contributed by atoms with E-state index in [0.29, 0.717) is 18.0 Å². The third-order valence-corrected chi connectivity index (χ3v) is 9.26. The van der Waals surface area contributed by atoms with Crippen molar-refractivity contribution in [2.45, 2.75) is 37.8 Å². The van der Waals surface area contributed by atoms with Crippen molar-refractivity contribution >= 4 is 27.5 Å². The summed E-state index contributed by atoms with van der Waals surface area (Å²) in [5.41, 5.74) is 2.97. The molecule has 1 N–H and O–H groups in total. The molecule has 10 heteroatoms. The van der Waals surface area contributed by atoms with Crippen LogP contribution in [0, 0.1) is 6.92 Å². The summed E-state index contributed by atoms with van der Waals surface area (Å²) in [6.07, 6.45) is 0.248. The molecule has 1 unspecified atom stereocenters. The number of hydrogen-bond acceptors (Lipinski definition) is 6. The molecule has 0 aromatic heterocycles. The van der Waals surface area contributed by atoms with E-state index in [2.05, 4.69) is 5.32 Å². The highest BCUT2D eigenvalue weighted by Crippen LogP contribution is 2.32. The van der Waals surface area contributed by atoms with Crippen LogP contribution in [0.25, 0.3) is 0 Å². The minimum absolute atomic E-state index is 0.0770. The smallest absolute Gasteiger partial charge is 0.264 e. The molecule has 9 nitrogen and oxygen atoms in total. The van der Waals surface area contributed by atoms with Crippen LogP contribution in [0.4, 0.5) is 5.69 Å². The molecule has 2 amide bonds. The molecule has 0 spiro atoms. The maximum atomic E-state index is 14.5. The number of anilines is 1. The molecule has 0 aliphatic heterocycles. The lowest BCUT2D eigenvalue weighted by Crippen LogP contribution is -2.53. The van der Waals surface area contributed by atoms with Crippen molar-refractivity contribution in [3.05, 3.63) is 120 Å². The molecule has 0 heterocycles. The Morgan fingerprint density at radius 2 is 1.44 bits per heavy atom. The van der Waals surface area contributed by atoms with E-state index in [0.717, 1.165) is 21.0 Å². The van der Waals surface area contributed by atoms with E-state index < -0.39 is 28.5 Å². The van der Waals surface area contributed by atoms with Crippen molar-refractivity contribution in [3.8, 4) is 11.5 Å². The van der Waals surface area contributed by atoms with Crippen LogP contribution in [0.5, 0.6) is 11.5 Å². The zero-order chi connectivity index (χ0) is 32.4. The second-order valence-corrected chi connectivity index (χ2v) is 12.3. The fourth-order valence-corrected chi connectivity index (χ4v) is 6.47. The molecule has 4 aromatic rings. The molecular formula is C35H39N3O6S. The molecule has 236 valence electrons. The molecule has 0 bridgehead atoms. The van der Waals surface area contributed by atoms with Crippen LogP contribution in [-0.2, 0) is 32.6 Å². The lowest BCUT2D eigenvalue weighted by molar-refractivity contribution is -0.140. The zero-order valence-corrected chi connectivity index (χ0v) is 26.8. The number of para-hydroxylation sites is 1. The standard InChI is InChI=1S/C35H39N3O6S/c1-5-36-35(40)31(22-27-15-8-6-9-16-27)37(24-28-17-13-12-14-26(28)2)34(39)25-38(29-18-10-7-11-19-29)45(41,42)30-20-21-32(43-3)33(23-30)44-4/h6-21,23,31H,5,22,24-25H2,1-4H3,(H,36,40). The van der Waals surface area contributed by atoms with E-state index in [9.17, 15) is 18.0 Å². The number of methoxy groups -OCH3 is 2. The minimum Gasteiger partial charge on any atom is -0.493 e. The first-order chi connectivity index (χ1) is 21.7. The minimum atomic E-state index is -4.29. The molecule has 4 aromatic carbocycles. The monoisotopic (exact) mass is 629 g/mol. The summed E-state index contributed by atoms with van der Waals surface area (Å²) in [6.45, 7) is 3.70. The summed E-state index contributed by atoms with van der Waals surface area (Å²) in [6, 6.07) is 28.9. The Labute approximate surface area is 265 Å². The van der Waals surface area contributed by atoms with Crippen molar-refractivity contribution in [1.82, 2.24) is 10.2 Å². The highest BCUT2D eigenvalue weighted by Gasteiger charge is 2.35. The Balaban J connectivity index is 1.81. The van der Waals surface area contributed by atoms with Crippen LogP contribution in [0.15, 0.2) is 108 Å². The lowest BCUT2D eigenvalue weighted by atomic mass is 10.0. The van der Waals surface area contributed by atoms with Gasteiger partial charge in [0.25, 0.3) is 10.0 Å². The van der Waals surface area contributed by atoms with Crippen molar-refractivity contribution in [2.75, 3.05) is 31.6 Å². The fraction of sp³-hybridized carbons (Fsp3) is 0.257. The van der Waals surface area contributed by atoms with Crippen molar-refractivity contribution < 1.29 is 27.5 Å². The quantitative estimate of drug-likeness (QED) is 0.211. The number of rotatable bonds is 14. The number of ether oxygens (including phenoxy) is 2. The first-order valence-electron chi connectivity index (χ1n) is 14.6. The molecule has 1 atom stereocenters. The van der Waals surface area contributed by atoms with Gasteiger partial charge >= 0.3 is 0 Å². The number of benzene rings is 4. The predicted molar refractivity (Wildman–Crippen MR) is 175 cm³/mol. The van der Waals surface area contributed by atoms with Gasteiger partial charge in [-0.15, -0.1) is 0 Å². The van der Waals surface area contributed by atoms with Gasteiger partial charge in [-0.3, -0.25) is 13.9 Å². The largest absolute Gasteiger partial charge is 0.493 e. The average Bonchev–Trinajstić information content (AvgIpc) is 3.06. The van der Waals surface area contributed by atoms with Gasteiger partial charge in [0, 0.05) is 25.6 Å². The molecule has 0 radical (unpaired) electrons. The van der Waals surface area contributed by atoms with Crippen molar-refractivity contribution in [1.29, 1.82) is 0 Å². The molecule has 0 aliphatic carbocycles. The summed E-state index contributed by atoms with van der Waals surface area (Å²) >= 11 is 0. The Morgan fingerprint density at radius 3 is 2.07 bits per heavy atom. The predicted octanol–water partition coefficient (Wildman–Crippen LogP) is 4.98. The van der Waals surface area contributed by atoms with Crippen LogP contribution < -0.4 is 19.1 Å². The SMILES string of the molecule is CCNC(=O)C(Cc1ccccc1)N(Cc1ccccc1C)C(=O)CN(c1ccccc1)S(=O)(=O)c1ccc(OC)c(OC)c1. The van der Waals surface area contributed by atoms with Crippen LogP contribution in [-0.4, -0.2) is 58.5 Å². The third kappa shape index (κ3) is 8.02. The molecule has 0 fully saturated rings. The average molecular weight is 630 g/mol. The van der Waals surface area contributed by atoms with Crippen LogP contribution in [0.1, 0.15) is 23.6 Å². The maximum Gasteiger partial charge on any atom is 0.264 e. The second-order valence-electron chi connectivity index (χ2n) is 10.4. The Hall–Kier alpha value is -4.83. The molecule has 4 rings (SSSR count). The first kappa shape index (κ1) is 33.1. The van der Waals surface area contributed by atoms with E-state index in [1.807, 2.05) is 68.4 Å². The van der Waals surface area contributed by atoms with Gasteiger partial charge in [-0.25, -0.2) is 8.42 Å². The van der Waals surface area contributed by atoms with Crippen molar-refractivity contribution in [2.24, 2.45) is 0 Å². The van der Waals surface area contributed by atoms with Gasteiger partial charge in [-0.2, -0.15) is 0 Å². The number of likely N-dealkylation sites (N-methyl/N-ethyl adjacent to an activating group) is 1. The number of nitrogens with one attached hydrogen (secondary N) is 1. The van der Waals surface area contributed by atoms with Crippen LogP contribution in [0.3, 0.4) is 0 Å². The van der Waals surface area contributed by atoms with Gasteiger partial charge in [0.2, 0.25) is 11.8 Å². The van der Waals surface area contributed by atoms with Gasteiger partial charge in [-0.05, 0) is 54.8 Å². The van der Waals surface area contributed by atoms with E-state index in [-0.39, 0.29) is 29.5 Å². The number of amides is 2. The topological polar surface area (TPSA) is 105 Å². The van der Waals surface area contributed by atoms with Gasteiger partial charge in [0.1, 0.15) is 12.6 Å². The first-order valence-corrected chi connectivity index (χ1v) is 16.1. The van der Waals surface area contributed by atoms with Gasteiger partial charge in [0.15, 0.2) is 11.5 Å². The fourth-order valence-electron chi connectivity index (χ4n) is 5.04. The third-order valence-electron chi connectivity index (χ3n) is 7.49. The zero-order valence-electron chi connectivity index (χ0n) is 26.0. The van der Waals surface area contributed by atoms with Crippen molar-refractivity contribution in [3.63, 3.8) is 0 Å². The number of carbonyl (C=O) groups is 2. The summed E-state index contributed by atoms with van der Waals surface area (Å²) in [4.78, 5) is 29.5. The van der Waals surface area contributed by atoms with E-state index >= 15 is 0 Å². The molecule has 0 saturated heterocycles. The highest BCUT2D eigenvalue weighted by atomic mass is 32.2.